The van der Waals surface area contributed by atoms with Crippen LogP contribution in [0.25, 0.3) is 0 Å². The second-order valence-corrected chi connectivity index (χ2v) is 8.20. The van der Waals surface area contributed by atoms with Crippen molar-refractivity contribution in [2.45, 2.75) is 45.1 Å². The van der Waals surface area contributed by atoms with Crippen molar-refractivity contribution in [3.63, 3.8) is 0 Å². The first-order chi connectivity index (χ1) is 12.7. The molecule has 0 unspecified atom stereocenters. The molecule has 0 aliphatic heterocycles. The molecule has 6 nitrogen and oxygen atoms in total. The van der Waals surface area contributed by atoms with E-state index in [4.69, 9.17) is 4.74 Å². The second kappa shape index (κ2) is 9.01. The number of ether oxygens (including phenoxy) is 1. The highest BCUT2D eigenvalue weighted by molar-refractivity contribution is 7.89. The lowest BCUT2D eigenvalue weighted by molar-refractivity contribution is -0.118. The molecule has 0 radical (unpaired) electrons. The number of nitrogens with one attached hydrogen (secondary N) is 2. The van der Waals surface area contributed by atoms with Crippen LogP contribution in [-0.2, 0) is 14.8 Å². The van der Waals surface area contributed by atoms with Crippen LogP contribution in [0.3, 0.4) is 0 Å². The fraction of sp³-hybridized carbons (Fsp3) is 0.350. The second-order valence-electron chi connectivity index (χ2n) is 6.49. The lowest BCUT2D eigenvalue weighted by Gasteiger charge is -2.13. The SMILES string of the molecule is CC[C@@H](C)NS(=O)(=O)c1ccc(OCC(=O)Nc2cccc(C)c2C)cc1. The molecule has 0 spiro atoms. The van der Waals surface area contributed by atoms with Gasteiger partial charge in [-0.3, -0.25) is 4.79 Å². The average Bonchev–Trinajstić information content (AvgIpc) is 2.63. The molecule has 2 N–H and O–H groups in total. The maximum absolute atomic E-state index is 12.2. The van der Waals surface area contributed by atoms with Crippen molar-refractivity contribution in [3.05, 3.63) is 53.6 Å². The molecule has 2 rings (SSSR count). The van der Waals surface area contributed by atoms with Crippen LogP contribution in [0.1, 0.15) is 31.4 Å². The third kappa shape index (κ3) is 5.80. The van der Waals surface area contributed by atoms with Gasteiger partial charge >= 0.3 is 0 Å². The Morgan fingerprint density at radius 1 is 1.11 bits per heavy atom. The van der Waals surface area contributed by atoms with E-state index in [1.165, 1.54) is 24.3 Å². The first kappa shape index (κ1) is 20.9. The molecule has 2 aromatic rings. The van der Waals surface area contributed by atoms with E-state index in [0.29, 0.717) is 12.2 Å². The highest BCUT2D eigenvalue weighted by atomic mass is 32.2. The van der Waals surface area contributed by atoms with Gasteiger partial charge in [0, 0.05) is 11.7 Å². The highest BCUT2D eigenvalue weighted by Crippen LogP contribution is 2.19. The van der Waals surface area contributed by atoms with Gasteiger partial charge in [-0.15, -0.1) is 0 Å². The van der Waals surface area contributed by atoms with Gasteiger partial charge in [0.05, 0.1) is 4.90 Å². The smallest absolute Gasteiger partial charge is 0.262 e. The summed E-state index contributed by atoms with van der Waals surface area (Å²) in [7, 11) is -3.55. The van der Waals surface area contributed by atoms with E-state index >= 15 is 0 Å². The van der Waals surface area contributed by atoms with E-state index in [0.717, 1.165) is 16.8 Å². The molecule has 7 heteroatoms. The zero-order chi connectivity index (χ0) is 20.0. The third-order valence-corrected chi connectivity index (χ3v) is 5.96. The van der Waals surface area contributed by atoms with E-state index in [1.54, 1.807) is 0 Å². The monoisotopic (exact) mass is 390 g/mol. The van der Waals surface area contributed by atoms with E-state index in [9.17, 15) is 13.2 Å². The minimum absolute atomic E-state index is 0.139. The van der Waals surface area contributed by atoms with Gasteiger partial charge < -0.3 is 10.1 Å². The topological polar surface area (TPSA) is 84.5 Å². The largest absolute Gasteiger partial charge is 0.484 e. The first-order valence-corrected chi connectivity index (χ1v) is 10.3. The molecule has 1 amide bonds. The predicted molar refractivity (Wildman–Crippen MR) is 107 cm³/mol. The number of benzene rings is 2. The van der Waals surface area contributed by atoms with E-state index < -0.39 is 10.0 Å². The average molecular weight is 391 g/mol. The summed E-state index contributed by atoms with van der Waals surface area (Å²) in [6.07, 6.45) is 0.704. The zero-order valence-electron chi connectivity index (χ0n) is 16.1. The molecule has 0 aliphatic carbocycles. The number of hydrogen-bond acceptors (Lipinski definition) is 4. The van der Waals surface area contributed by atoms with Crippen molar-refractivity contribution in [1.82, 2.24) is 4.72 Å². The fourth-order valence-electron chi connectivity index (χ4n) is 2.35. The van der Waals surface area contributed by atoms with Crippen molar-refractivity contribution in [2.24, 2.45) is 0 Å². The summed E-state index contributed by atoms with van der Waals surface area (Å²) in [4.78, 5) is 12.2. The Balaban J connectivity index is 1.95. The van der Waals surface area contributed by atoms with Gasteiger partial charge in [-0.25, -0.2) is 13.1 Å². The number of carbonyl (C=O) groups excluding carboxylic acids is 1. The Labute approximate surface area is 161 Å². The van der Waals surface area contributed by atoms with Gasteiger partial charge in [0.1, 0.15) is 5.75 Å². The summed E-state index contributed by atoms with van der Waals surface area (Å²) in [5, 5.41) is 2.82. The Bertz CT molecular complexity index is 893. The van der Waals surface area contributed by atoms with Gasteiger partial charge in [0.2, 0.25) is 10.0 Å². The van der Waals surface area contributed by atoms with Gasteiger partial charge in [-0.05, 0) is 68.7 Å². The molecule has 27 heavy (non-hydrogen) atoms. The quantitative estimate of drug-likeness (QED) is 0.723. The van der Waals surface area contributed by atoms with Crippen LogP contribution in [-0.4, -0.2) is 27.0 Å². The number of hydrogen-bond donors (Lipinski definition) is 2. The molecular formula is C20H26N2O4S. The van der Waals surface area contributed by atoms with Gasteiger partial charge in [0.15, 0.2) is 6.61 Å². The predicted octanol–water partition coefficient (Wildman–Crippen LogP) is 3.40. The molecule has 0 saturated heterocycles. The number of sulfonamides is 1. The minimum Gasteiger partial charge on any atom is -0.484 e. The summed E-state index contributed by atoms with van der Waals surface area (Å²) in [6, 6.07) is 11.6. The van der Waals surface area contributed by atoms with Crippen LogP contribution in [0.15, 0.2) is 47.4 Å². The number of aryl methyl sites for hydroxylation is 1. The molecule has 146 valence electrons. The zero-order valence-corrected chi connectivity index (χ0v) is 16.9. The maximum atomic E-state index is 12.2. The molecule has 0 aliphatic rings. The van der Waals surface area contributed by atoms with E-state index in [1.807, 2.05) is 45.9 Å². The normalized spacial score (nSPS) is 12.4. The van der Waals surface area contributed by atoms with Gasteiger partial charge in [-0.1, -0.05) is 19.1 Å². The minimum atomic E-state index is -3.55. The molecule has 0 heterocycles. The molecule has 0 bridgehead atoms. The van der Waals surface area contributed by atoms with Crippen molar-refractivity contribution in [1.29, 1.82) is 0 Å². The lowest BCUT2D eigenvalue weighted by atomic mass is 10.1. The lowest BCUT2D eigenvalue weighted by Crippen LogP contribution is -2.31. The van der Waals surface area contributed by atoms with Crippen LogP contribution < -0.4 is 14.8 Å². The fourth-order valence-corrected chi connectivity index (χ4v) is 3.68. The Kier molecular flexibility index (Phi) is 6.98. The number of carbonyl (C=O) groups is 1. The first-order valence-electron chi connectivity index (χ1n) is 8.84. The van der Waals surface area contributed by atoms with Crippen LogP contribution in [0.2, 0.25) is 0 Å². The van der Waals surface area contributed by atoms with Crippen molar-refractivity contribution < 1.29 is 17.9 Å². The molecule has 0 fully saturated rings. The van der Waals surface area contributed by atoms with Crippen LogP contribution >= 0.6 is 0 Å². The highest BCUT2D eigenvalue weighted by Gasteiger charge is 2.16. The molecule has 1 atom stereocenters. The van der Waals surface area contributed by atoms with Crippen LogP contribution in [0.5, 0.6) is 5.75 Å². The van der Waals surface area contributed by atoms with Gasteiger partial charge in [0.25, 0.3) is 5.91 Å². The molecular weight excluding hydrogens is 364 g/mol. The summed E-state index contributed by atoms with van der Waals surface area (Å²) >= 11 is 0. The molecule has 2 aromatic carbocycles. The maximum Gasteiger partial charge on any atom is 0.262 e. The summed E-state index contributed by atoms with van der Waals surface area (Å²) in [6.45, 7) is 7.48. The molecule has 0 saturated carbocycles. The summed E-state index contributed by atoms with van der Waals surface area (Å²) in [5.74, 6) is 0.146. The Hall–Kier alpha value is -2.38. The summed E-state index contributed by atoms with van der Waals surface area (Å²) in [5.41, 5.74) is 2.85. The standard InChI is InChI=1S/C20H26N2O4S/c1-5-15(3)22-27(24,25)18-11-9-17(10-12-18)26-13-20(23)21-19-8-6-7-14(2)16(19)4/h6-12,15,22H,5,13H2,1-4H3,(H,21,23)/t15-/m1/s1. The van der Waals surface area contributed by atoms with Crippen LogP contribution in [0.4, 0.5) is 5.69 Å². The summed E-state index contributed by atoms with van der Waals surface area (Å²) < 4.78 is 32.5. The van der Waals surface area contributed by atoms with Crippen molar-refractivity contribution in [2.75, 3.05) is 11.9 Å². The van der Waals surface area contributed by atoms with Gasteiger partial charge in [-0.2, -0.15) is 0 Å². The number of rotatable bonds is 8. The van der Waals surface area contributed by atoms with Crippen LogP contribution in [0, 0.1) is 13.8 Å². The third-order valence-electron chi connectivity index (χ3n) is 4.35. The number of anilines is 1. The van der Waals surface area contributed by atoms with Crippen molar-refractivity contribution >= 4 is 21.6 Å². The Morgan fingerprint density at radius 3 is 2.41 bits per heavy atom. The van der Waals surface area contributed by atoms with E-state index in [2.05, 4.69) is 10.0 Å². The molecule has 0 aromatic heterocycles. The van der Waals surface area contributed by atoms with E-state index in [-0.39, 0.29) is 23.5 Å². The Morgan fingerprint density at radius 2 is 1.78 bits per heavy atom. The van der Waals surface area contributed by atoms with Crippen molar-refractivity contribution in [3.8, 4) is 5.75 Å². The number of amides is 1.